The normalized spacial score (nSPS) is 16.2. The van der Waals surface area contributed by atoms with Crippen LogP contribution in [0.4, 0.5) is 11.4 Å². The SMILES string of the molecule is O=[N+]([O-])c1ccc(Br)cc1N1CCOCC1. The Kier molecular flexibility index (Phi) is 3.40. The van der Waals surface area contributed by atoms with Crippen LogP contribution in [0, 0.1) is 10.1 Å². The zero-order chi connectivity index (χ0) is 11.5. The highest BCUT2D eigenvalue weighted by atomic mass is 79.9. The predicted octanol–water partition coefficient (Wildman–Crippen LogP) is 2.19. The Morgan fingerprint density at radius 2 is 2.06 bits per heavy atom. The maximum Gasteiger partial charge on any atom is 0.292 e. The summed E-state index contributed by atoms with van der Waals surface area (Å²) < 4.78 is 6.08. The highest BCUT2D eigenvalue weighted by Crippen LogP contribution is 2.31. The van der Waals surface area contributed by atoms with Crippen LogP contribution in [0.2, 0.25) is 0 Å². The Bertz CT molecular complexity index is 405. The van der Waals surface area contributed by atoms with Gasteiger partial charge in [0.05, 0.1) is 18.1 Å². The molecular weight excluding hydrogens is 276 g/mol. The molecule has 0 atom stereocenters. The van der Waals surface area contributed by atoms with Crippen molar-refractivity contribution < 1.29 is 9.66 Å². The molecule has 16 heavy (non-hydrogen) atoms. The molecule has 0 bridgehead atoms. The van der Waals surface area contributed by atoms with Gasteiger partial charge in [0.25, 0.3) is 5.69 Å². The molecule has 0 aromatic heterocycles. The third-order valence-electron chi connectivity index (χ3n) is 2.49. The van der Waals surface area contributed by atoms with E-state index in [0.717, 1.165) is 4.47 Å². The van der Waals surface area contributed by atoms with E-state index in [1.54, 1.807) is 12.1 Å². The van der Waals surface area contributed by atoms with Gasteiger partial charge < -0.3 is 9.64 Å². The molecule has 0 unspecified atom stereocenters. The number of nitrogens with zero attached hydrogens (tertiary/aromatic N) is 2. The van der Waals surface area contributed by atoms with Gasteiger partial charge in [-0.05, 0) is 12.1 Å². The first kappa shape index (κ1) is 11.3. The molecule has 0 N–H and O–H groups in total. The van der Waals surface area contributed by atoms with Crippen molar-refractivity contribution in [3.8, 4) is 0 Å². The van der Waals surface area contributed by atoms with E-state index >= 15 is 0 Å². The van der Waals surface area contributed by atoms with Crippen LogP contribution >= 0.6 is 15.9 Å². The van der Waals surface area contributed by atoms with Crippen molar-refractivity contribution in [3.63, 3.8) is 0 Å². The Labute approximate surface area is 101 Å². The van der Waals surface area contributed by atoms with Gasteiger partial charge in [0, 0.05) is 23.6 Å². The molecule has 0 saturated carbocycles. The van der Waals surface area contributed by atoms with Gasteiger partial charge in [-0.25, -0.2) is 0 Å². The smallest absolute Gasteiger partial charge is 0.292 e. The van der Waals surface area contributed by atoms with Crippen molar-refractivity contribution in [3.05, 3.63) is 32.8 Å². The van der Waals surface area contributed by atoms with Crippen LogP contribution in [0.15, 0.2) is 22.7 Å². The molecule has 1 aromatic carbocycles. The second-order valence-electron chi connectivity index (χ2n) is 3.49. The average Bonchev–Trinajstić information content (AvgIpc) is 2.29. The Morgan fingerprint density at radius 1 is 1.38 bits per heavy atom. The highest BCUT2D eigenvalue weighted by molar-refractivity contribution is 9.10. The lowest BCUT2D eigenvalue weighted by Crippen LogP contribution is -2.36. The summed E-state index contributed by atoms with van der Waals surface area (Å²) in [6.45, 7) is 2.61. The maximum atomic E-state index is 10.9. The van der Waals surface area contributed by atoms with Crippen LogP contribution in [-0.4, -0.2) is 31.2 Å². The predicted molar refractivity (Wildman–Crippen MR) is 63.8 cm³/mol. The number of morpholine rings is 1. The molecule has 1 fully saturated rings. The van der Waals surface area contributed by atoms with Gasteiger partial charge in [-0.2, -0.15) is 0 Å². The summed E-state index contributed by atoms with van der Waals surface area (Å²) in [7, 11) is 0. The molecule has 1 aliphatic heterocycles. The van der Waals surface area contributed by atoms with E-state index in [1.807, 2.05) is 4.90 Å². The number of anilines is 1. The van der Waals surface area contributed by atoms with Gasteiger partial charge in [-0.1, -0.05) is 15.9 Å². The van der Waals surface area contributed by atoms with Gasteiger partial charge in [0.15, 0.2) is 0 Å². The molecule has 1 saturated heterocycles. The van der Waals surface area contributed by atoms with E-state index in [9.17, 15) is 10.1 Å². The first-order valence-electron chi connectivity index (χ1n) is 4.95. The van der Waals surface area contributed by atoms with Crippen LogP contribution < -0.4 is 4.90 Å². The number of rotatable bonds is 2. The van der Waals surface area contributed by atoms with E-state index in [1.165, 1.54) is 6.07 Å². The molecule has 5 nitrogen and oxygen atoms in total. The number of nitro groups is 1. The lowest BCUT2D eigenvalue weighted by atomic mass is 10.2. The van der Waals surface area contributed by atoms with Crippen molar-refractivity contribution >= 4 is 27.3 Å². The Morgan fingerprint density at radius 3 is 2.69 bits per heavy atom. The minimum Gasteiger partial charge on any atom is -0.378 e. The van der Waals surface area contributed by atoms with Crippen LogP contribution in [-0.2, 0) is 4.74 Å². The van der Waals surface area contributed by atoms with Crippen LogP contribution in [0.5, 0.6) is 0 Å². The number of nitro benzene ring substituents is 1. The second-order valence-corrected chi connectivity index (χ2v) is 4.41. The third-order valence-corrected chi connectivity index (χ3v) is 2.98. The van der Waals surface area contributed by atoms with E-state index in [0.29, 0.717) is 32.0 Å². The summed E-state index contributed by atoms with van der Waals surface area (Å²) in [6, 6.07) is 4.99. The fourth-order valence-corrected chi connectivity index (χ4v) is 2.06. The average molecular weight is 287 g/mol. The quantitative estimate of drug-likeness (QED) is 0.618. The molecule has 86 valence electrons. The van der Waals surface area contributed by atoms with E-state index < -0.39 is 0 Å². The largest absolute Gasteiger partial charge is 0.378 e. The Hall–Kier alpha value is -1.14. The van der Waals surface area contributed by atoms with Crippen molar-refractivity contribution in [2.75, 3.05) is 31.2 Å². The molecule has 0 spiro atoms. The molecule has 6 heteroatoms. The highest BCUT2D eigenvalue weighted by Gasteiger charge is 2.21. The molecule has 1 aromatic rings. The summed E-state index contributed by atoms with van der Waals surface area (Å²) in [6.07, 6.45) is 0. The molecule has 0 radical (unpaired) electrons. The summed E-state index contributed by atoms with van der Waals surface area (Å²) >= 11 is 3.33. The Balaban J connectivity index is 2.36. The standard InChI is InChI=1S/C10H11BrN2O3/c11-8-1-2-9(13(14)15)10(7-8)12-3-5-16-6-4-12/h1-2,7H,3-6H2. The van der Waals surface area contributed by atoms with E-state index in [4.69, 9.17) is 4.74 Å². The minimum atomic E-state index is -0.350. The fraction of sp³-hybridized carbons (Fsp3) is 0.400. The summed E-state index contributed by atoms with van der Waals surface area (Å²) in [5, 5.41) is 10.9. The van der Waals surface area contributed by atoms with Crippen LogP contribution in [0.1, 0.15) is 0 Å². The zero-order valence-corrected chi connectivity index (χ0v) is 10.1. The minimum absolute atomic E-state index is 0.144. The summed E-state index contributed by atoms with van der Waals surface area (Å²) in [4.78, 5) is 12.5. The number of hydrogen-bond donors (Lipinski definition) is 0. The second kappa shape index (κ2) is 4.80. The topological polar surface area (TPSA) is 55.6 Å². The monoisotopic (exact) mass is 286 g/mol. The first-order chi connectivity index (χ1) is 7.68. The van der Waals surface area contributed by atoms with Crippen molar-refractivity contribution in [1.29, 1.82) is 0 Å². The van der Waals surface area contributed by atoms with E-state index in [2.05, 4.69) is 15.9 Å². The molecular formula is C10H11BrN2O3. The third kappa shape index (κ3) is 2.33. The van der Waals surface area contributed by atoms with Gasteiger partial charge >= 0.3 is 0 Å². The van der Waals surface area contributed by atoms with Crippen LogP contribution in [0.25, 0.3) is 0 Å². The van der Waals surface area contributed by atoms with Gasteiger partial charge in [-0.3, -0.25) is 10.1 Å². The zero-order valence-electron chi connectivity index (χ0n) is 8.56. The molecule has 1 aliphatic rings. The van der Waals surface area contributed by atoms with Gasteiger partial charge in [0.2, 0.25) is 0 Å². The van der Waals surface area contributed by atoms with Crippen molar-refractivity contribution in [2.45, 2.75) is 0 Å². The molecule has 1 heterocycles. The molecule has 2 rings (SSSR count). The maximum absolute atomic E-state index is 10.9. The van der Waals surface area contributed by atoms with Gasteiger partial charge in [-0.15, -0.1) is 0 Å². The van der Waals surface area contributed by atoms with E-state index in [-0.39, 0.29) is 10.6 Å². The van der Waals surface area contributed by atoms with Crippen molar-refractivity contribution in [2.24, 2.45) is 0 Å². The number of hydrogen-bond acceptors (Lipinski definition) is 4. The molecule has 0 aliphatic carbocycles. The first-order valence-corrected chi connectivity index (χ1v) is 5.74. The lowest BCUT2D eigenvalue weighted by molar-refractivity contribution is -0.384. The van der Waals surface area contributed by atoms with Crippen molar-refractivity contribution in [1.82, 2.24) is 0 Å². The fourth-order valence-electron chi connectivity index (χ4n) is 1.71. The lowest BCUT2D eigenvalue weighted by Gasteiger charge is -2.28. The molecule has 0 amide bonds. The number of benzene rings is 1. The summed E-state index contributed by atoms with van der Waals surface area (Å²) in [5.74, 6) is 0. The van der Waals surface area contributed by atoms with Gasteiger partial charge in [0.1, 0.15) is 5.69 Å². The number of halogens is 1. The summed E-state index contributed by atoms with van der Waals surface area (Å²) in [5.41, 5.74) is 0.799. The van der Waals surface area contributed by atoms with Crippen LogP contribution in [0.3, 0.4) is 0 Å². The number of ether oxygens (including phenoxy) is 1.